The van der Waals surface area contributed by atoms with E-state index in [0.29, 0.717) is 12.1 Å². The molecule has 3 aromatic rings. The molecule has 0 bridgehead atoms. The fraction of sp³-hybridized carbons (Fsp3) is 0.231. The highest BCUT2D eigenvalue weighted by atomic mass is 16.5. The number of carbonyl (C=O) groups is 2. The number of aryl methyl sites for hydroxylation is 1. The van der Waals surface area contributed by atoms with Crippen LogP contribution in [0.25, 0.3) is 0 Å². The van der Waals surface area contributed by atoms with Gasteiger partial charge in [-0.15, -0.1) is 0 Å². The second-order valence-electron chi connectivity index (χ2n) is 7.63. The molecule has 0 aliphatic carbocycles. The molecule has 0 saturated carbocycles. The monoisotopic (exact) mass is 414 g/mol. The van der Waals surface area contributed by atoms with Crippen molar-refractivity contribution in [3.8, 4) is 0 Å². The Labute approximate surface area is 182 Å². The van der Waals surface area contributed by atoms with Gasteiger partial charge < -0.3 is 10.1 Å². The molecule has 1 saturated heterocycles. The predicted octanol–water partition coefficient (Wildman–Crippen LogP) is 5.10. The number of ether oxygens (including phenoxy) is 1. The van der Waals surface area contributed by atoms with Crippen LogP contribution in [0.2, 0.25) is 0 Å². The summed E-state index contributed by atoms with van der Waals surface area (Å²) >= 11 is 0. The van der Waals surface area contributed by atoms with Gasteiger partial charge in [-0.2, -0.15) is 0 Å². The van der Waals surface area contributed by atoms with Gasteiger partial charge in [-0.1, -0.05) is 60.7 Å². The topological polar surface area (TPSA) is 58.6 Å². The van der Waals surface area contributed by atoms with Crippen molar-refractivity contribution in [1.29, 1.82) is 0 Å². The number of unbranched alkanes of at least 4 members (excludes halogenated alkanes) is 1. The van der Waals surface area contributed by atoms with E-state index in [4.69, 9.17) is 4.74 Å². The van der Waals surface area contributed by atoms with Crippen LogP contribution in [0.4, 0.5) is 11.4 Å². The highest BCUT2D eigenvalue weighted by Gasteiger charge is 2.34. The SMILES string of the molecule is O=C(CCCCc1ccccc1)Nc1cccc(C2OCC(=O)N2c2ccccc2)c1. The Morgan fingerprint density at radius 1 is 0.935 bits per heavy atom. The number of rotatable bonds is 8. The number of anilines is 2. The molecule has 1 aliphatic rings. The summed E-state index contributed by atoms with van der Waals surface area (Å²) in [5.74, 6) is -0.0856. The predicted molar refractivity (Wildman–Crippen MR) is 122 cm³/mol. The Hall–Kier alpha value is -3.44. The second-order valence-corrected chi connectivity index (χ2v) is 7.63. The van der Waals surface area contributed by atoms with Gasteiger partial charge in [-0.25, -0.2) is 0 Å². The van der Waals surface area contributed by atoms with Crippen molar-refractivity contribution in [2.24, 2.45) is 0 Å². The molecule has 0 spiro atoms. The van der Waals surface area contributed by atoms with E-state index in [0.717, 1.165) is 30.5 Å². The van der Waals surface area contributed by atoms with E-state index in [1.807, 2.05) is 72.8 Å². The lowest BCUT2D eigenvalue weighted by Gasteiger charge is -2.24. The second kappa shape index (κ2) is 10.0. The van der Waals surface area contributed by atoms with Crippen LogP contribution in [0.15, 0.2) is 84.9 Å². The molecular weight excluding hydrogens is 388 g/mol. The number of hydrogen-bond donors (Lipinski definition) is 1. The number of amides is 2. The van der Waals surface area contributed by atoms with Gasteiger partial charge in [0, 0.05) is 23.4 Å². The lowest BCUT2D eigenvalue weighted by molar-refractivity contribution is -0.118. The Morgan fingerprint density at radius 2 is 1.68 bits per heavy atom. The summed E-state index contributed by atoms with van der Waals surface area (Å²) in [5, 5.41) is 2.97. The lowest BCUT2D eigenvalue weighted by Crippen LogP contribution is -2.28. The lowest BCUT2D eigenvalue weighted by atomic mass is 10.1. The van der Waals surface area contributed by atoms with Crippen molar-refractivity contribution >= 4 is 23.2 Å². The molecule has 1 heterocycles. The zero-order chi connectivity index (χ0) is 21.5. The number of hydrogen-bond acceptors (Lipinski definition) is 3. The van der Waals surface area contributed by atoms with Crippen LogP contribution in [-0.4, -0.2) is 18.4 Å². The smallest absolute Gasteiger partial charge is 0.255 e. The minimum Gasteiger partial charge on any atom is -0.344 e. The van der Waals surface area contributed by atoms with E-state index in [2.05, 4.69) is 17.4 Å². The van der Waals surface area contributed by atoms with Gasteiger partial charge in [0.05, 0.1) is 0 Å². The number of benzene rings is 3. The summed E-state index contributed by atoms with van der Waals surface area (Å²) in [4.78, 5) is 26.4. The Balaban J connectivity index is 1.34. The average Bonchev–Trinajstić information content (AvgIpc) is 3.19. The molecule has 1 unspecified atom stereocenters. The van der Waals surface area contributed by atoms with E-state index in [9.17, 15) is 9.59 Å². The van der Waals surface area contributed by atoms with Gasteiger partial charge >= 0.3 is 0 Å². The Morgan fingerprint density at radius 3 is 2.45 bits per heavy atom. The molecule has 2 amide bonds. The van der Waals surface area contributed by atoms with Crippen LogP contribution in [0.3, 0.4) is 0 Å². The third kappa shape index (κ3) is 5.38. The van der Waals surface area contributed by atoms with E-state index in [1.54, 1.807) is 4.90 Å². The molecule has 3 aromatic carbocycles. The van der Waals surface area contributed by atoms with Crippen LogP contribution in [0.5, 0.6) is 0 Å². The molecule has 158 valence electrons. The number of nitrogens with one attached hydrogen (secondary N) is 1. The van der Waals surface area contributed by atoms with Crippen molar-refractivity contribution in [2.75, 3.05) is 16.8 Å². The summed E-state index contributed by atoms with van der Waals surface area (Å²) in [5.41, 5.74) is 3.63. The van der Waals surface area contributed by atoms with Crippen molar-refractivity contribution in [2.45, 2.75) is 31.9 Å². The largest absolute Gasteiger partial charge is 0.344 e. The van der Waals surface area contributed by atoms with Crippen molar-refractivity contribution in [3.05, 3.63) is 96.1 Å². The molecular formula is C26H26N2O3. The maximum absolute atomic E-state index is 12.4. The van der Waals surface area contributed by atoms with Crippen LogP contribution < -0.4 is 10.2 Å². The first-order valence-corrected chi connectivity index (χ1v) is 10.6. The minimum absolute atomic E-state index is 0.00598. The summed E-state index contributed by atoms with van der Waals surface area (Å²) in [6.45, 7) is 0.0392. The molecule has 5 nitrogen and oxygen atoms in total. The quantitative estimate of drug-likeness (QED) is 0.522. The first-order valence-electron chi connectivity index (χ1n) is 10.6. The number of para-hydroxylation sites is 1. The summed E-state index contributed by atoms with van der Waals surface area (Å²) < 4.78 is 5.76. The minimum atomic E-state index is -0.502. The first-order chi connectivity index (χ1) is 15.2. The summed E-state index contributed by atoms with van der Waals surface area (Å²) in [7, 11) is 0. The van der Waals surface area contributed by atoms with Gasteiger partial charge in [-0.05, 0) is 49.1 Å². The molecule has 0 radical (unpaired) electrons. The Kier molecular flexibility index (Phi) is 6.75. The number of carbonyl (C=O) groups excluding carboxylic acids is 2. The highest BCUT2D eigenvalue weighted by molar-refractivity contribution is 5.96. The normalized spacial score (nSPS) is 15.8. The molecule has 1 atom stereocenters. The molecule has 1 N–H and O–H groups in total. The first kappa shape index (κ1) is 20.8. The Bertz CT molecular complexity index is 1020. The van der Waals surface area contributed by atoms with Crippen LogP contribution >= 0.6 is 0 Å². The van der Waals surface area contributed by atoms with E-state index in [1.165, 1.54) is 5.56 Å². The van der Waals surface area contributed by atoms with Gasteiger partial charge in [0.2, 0.25) is 5.91 Å². The van der Waals surface area contributed by atoms with Crippen molar-refractivity contribution in [3.63, 3.8) is 0 Å². The molecule has 4 rings (SSSR count). The zero-order valence-electron chi connectivity index (χ0n) is 17.4. The van der Waals surface area contributed by atoms with Crippen molar-refractivity contribution < 1.29 is 14.3 Å². The van der Waals surface area contributed by atoms with Crippen LogP contribution in [0, 0.1) is 0 Å². The highest BCUT2D eigenvalue weighted by Crippen LogP contribution is 2.33. The van der Waals surface area contributed by atoms with Gasteiger partial charge in [0.15, 0.2) is 6.23 Å². The van der Waals surface area contributed by atoms with E-state index < -0.39 is 6.23 Å². The fourth-order valence-electron chi connectivity index (χ4n) is 3.79. The fourth-order valence-corrected chi connectivity index (χ4v) is 3.79. The number of nitrogens with zero attached hydrogens (tertiary/aromatic N) is 1. The van der Waals surface area contributed by atoms with Crippen LogP contribution in [-0.2, 0) is 20.7 Å². The third-order valence-corrected chi connectivity index (χ3v) is 5.32. The summed E-state index contributed by atoms with van der Waals surface area (Å²) in [6, 6.07) is 27.3. The maximum Gasteiger partial charge on any atom is 0.255 e. The van der Waals surface area contributed by atoms with Crippen LogP contribution in [0.1, 0.15) is 36.6 Å². The average molecular weight is 415 g/mol. The van der Waals surface area contributed by atoms with Crippen molar-refractivity contribution in [1.82, 2.24) is 0 Å². The molecule has 1 aliphatic heterocycles. The summed E-state index contributed by atoms with van der Waals surface area (Å²) in [6.07, 6.45) is 2.76. The van der Waals surface area contributed by atoms with E-state index in [-0.39, 0.29) is 18.4 Å². The molecule has 0 aromatic heterocycles. The zero-order valence-corrected chi connectivity index (χ0v) is 17.4. The molecule has 1 fully saturated rings. The maximum atomic E-state index is 12.4. The third-order valence-electron chi connectivity index (χ3n) is 5.32. The van der Waals surface area contributed by atoms with E-state index >= 15 is 0 Å². The molecule has 5 heteroatoms. The van der Waals surface area contributed by atoms with Gasteiger partial charge in [-0.3, -0.25) is 14.5 Å². The standard InChI is InChI=1S/C26H26N2O3/c29-24(17-8-7-12-20-10-3-1-4-11-20)27-22-14-9-13-21(18-22)26-28(25(30)19-31-26)23-15-5-2-6-16-23/h1-6,9-11,13-16,18,26H,7-8,12,17,19H2,(H,27,29). The van der Waals surface area contributed by atoms with Gasteiger partial charge in [0.1, 0.15) is 6.61 Å². The van der Waals surface area contributed by atoms with Gasteiger partial charge in [0.25, 0.3) is 5.91 Å². The molecule has 31 heavy (non-hydrogen) atoms.